The first-order chi connectivity index (χ1) is 10.1. The smallest absolute Gasteiger partial charge is 0.242 e. The minimum Gasteiger partial charge on any atom is -0.270 e. The number of hydrogen-bond donors (Lipinski definition) is 1. The quantitative estimate of drug-likeness (QED) is 0.751. The molecule has 8 nitrogen and oxygen atoms in total. The molecule has 0 fully saturated rings. The van der Waals surface area contributed by atoms with E-state index >= 15 is 0 Å². The van der Waals surface area contributed by atoms with E-state index < -0.39 is 10.0 Å². The molecule has 0 aliphatic rings. The SMILES string of the molecule is O=S(=O)(NCCn1cc(Cl)cn1)c1cccc2nonc12. The van der Waals surface area contributed by atoms with E-state index in [0.29, 0.717) is 17.1 Å². The van der Waals surface area contributed by atoms with Gasteiger partial charge in [0.05, 0.1) is 17.8 Å². The molecule has 0 radical (unpaired) electrons. The van der Waals surface area contributed by atoms with Crippen LogP contribution in [-0.2, 0) is 16.6 Å². The van der Waals surface area contributed by atoms with Gasteiger partial charge in [0, 0.05) is 12.7 Å². The monoisotopic (exact) mass is 327 g/mol. The van der Waals surface area contributed by atoms with Crippen LogP contribution in [-0.4, -0.2) is 35.1 Å². The molecule has 0 atom stereocenters. The molecule has 0 spiro atoms. The Labute approximate surface area is 124 Å². The van der Waals surface area contributed by atoms with Gasteiger partial charge in [0.1, 0.15) is 10.4 Å². The molecular formula is C11H10ClN5O3S. The van der Waals surface area contributed by atoms with Gasteiger partial charge in [0.2, 0.25) is 10.0 Å². The van der Waals surface area contributed by atoms with E-state index in [4.69, 9.17) is 11.6 Å². The summed E-state index contributed by atoms with van der Waals surface area (Å²) in [5, 5.41) is 11.7. The van der Waals surface area contributed by atoms with Gasteiger partial charge >= 0.3 is 0 Å². The van der Waals surface area contributed by atoms with Crippen molar-refractivity contribution >= 4 is 32.7 Å². The predicted molar refractivity (Wildman–Crippen MR) is 74.2 cm³/mol. The van der Waals surface area contributed by atoms with Crippen LogP contribution in [0.1, 0.15) is 0 Å². The molecule has 0 aliphatic carbocycles. The summed E-state index contributed by atoms with van der Waals surface area (Å²) in [5.41, 5.74) is 0.587. The molecule has 2 aromatic heterocycles. The highest BCUT2D eigenvalue weighted by Gasteiger charge is 2.19. The Kier molecular flexibility index (Phi) is 3.62. The second-order valence-corrected chi connectivity index (χ2v) is 6.38. The van der Waals surface area contributed by atoms with E-state index in [0.717, 1.165) is 0 Å². The van der Waals surface area contributed by atoms with Crippen molar-refractivity contribution < 1.29 is 13.0 Å². The van der Waals surface area contributed by atoms with Crippen molar-refractivity contribution in [2.75, 3.05) is 6.54 Å². The van der Waals surface area contributed by atoms with Gasteiger partial charge in [-0.25, -0.2) is 17.8 Å². The van der Waals surface area contributed by atoms with Crippen LogP contribution in [0.3, 0.4) is 0 Å². The van der Waals surface area contributed by atoms with Gasteiger partial charge < -0.3 is 0 Å². The number of hydrogen-bond acceptors (Lipinski definition) is 6. The van der Waals surface area contributed by atoms with Gasteiger partial charge in [0.15, 0.2) is 5.52 Å². The molecule has 2 heterocycles. The Morgan fingerprint density at radius 3 is 2.95 bits per heavy atom. The summed E-state index contributed by atoms with van der Waals surface area (Å²) in [6.07, 6.45) is 3.09. The lowest BCUT2D eigenvalue weighted by Crippen LogP contribution is -2.27. The third kappa shape index (κ3) is 2.89. The van der Waals surface area contributed by atoms with Crippen molar-refractivity contribution in [3.8, 4) is 0 Å². The lowest BCUT2D eigenvalue weighted by atomic mass is 10.3. The fourth-order valence-electron chi connectivity index (χ4n) is 1.83. The highest BCUT2D eigenvalue weighted by atomic mass is 35.5. The summed E-state index contributed by atoms with van der Waals surface area (Å²) in [6, 6.07) is 4.64. The van der Waals surface area contributed by atoms with Crippen molar-refractivity contribution in [3.05, 3.63) is 35.6 Å². The molecule has 21 heavy (non-hydrogen) atoms. The number of halogens is 1. The maximum absolute atomic E-state index is 12.3. The number of benzene rings is 1. The largest absolute Gasteiger partial charge is 0.270 e. The zero-order valence-corrected chi connectivity index (χ0v) is 12.2. The van der Waals surface area contributed by atoms with Gasteiger partial charge in [-0.1, -0.05) is 17.7 Å². The Bertz CT molecular complexity index is 873. The summed E-state index contributed by atoms with van der Waals surface area (Å²) in [5.74, 6) is 0. The first-order valence-corrected chi connectivity index (χ1v) is 7.81. The number of nitrogens with zero attached hydrogens (tertiary/aromatic N) is 4. The third-order valence-corrected chi connectivity index (χ3v) is 4.46. The molecule has 3 rings (SSSR count). The molecule has 0 amide bonds. The minimum atomic E-state index is -3.71. The number of sulfonamides is 1. The van der Waals surface area contributed by atoms with Crippen LogP contribution in [0.2, 0.25) is 5.02 Å². The number of nitrogens with one attached hydrogen (secondary N) is 1. The summed E-state index contributed by atoms with van der Waals surface area (Å²) in [6.45, 7) is 0.529. The lowest BCUT2D eigenvalue weighted by Gasteiger charge is -2.06. The van der Waals surface area contributed by atoms with Gasteiger partial charge in [-0.05, 0) is 22.4 Å². The van der Waals surface area contributed by atoms with Crippen LogP contribution < -0.4 is 4.72 Å². The second kappa shape index (κ2) is 5.43. The van der Waals surface area contributed by atoms with Crippen LogP contribution in [0.5, 0.6) is 0 Å². The van der Waals surface area contributed by atoms with Crippen LogP contribution in [0.25, 0.3) is 11.0 Å². The molecule has 0 aliphatic heterocycles. The van der Waals surface area contributed by atoms with Crippen molar-refractivity contribution in [2.24, 2.45) is 0 Å². The van der Waals surface area contributed by atoms with Gasteiger partial charge in [0.25, 0.3) is 0 Å². The summed E-state index contributed by atoms with van der Waals surface area (Å²) in [4.78, 5) is 0.0275. The predicted octanol–water partition coefficient (Wildman–Crippen LogP) is 1.05. The Hall–Kier alpha value is -1.97. The fraction of sp³-hybridized carbons (Fsp3) is 0.182. The first kappa shape index (κ1) is 14.0. The summed E-state index contributed by atoms with van der Waals surface area (Å²) >= 11 is 5.73. The van der Waals surface area contributed by atoms with Crippen molar-refractivity contribution in [2.45, 2.75) is 11.4 Å². The van der Waals surface area contributed by atoms with Crippen LogP contribution in [0, 0.1) is 0 Å². The molecule has 0 saturated heterocycles. The number of rotatable bonds is 5. The molecule has 10 heteroatoms. The zero-order chi connectivity index (χ0) is 14.9. The maximum Gasteiger partial charge on any atom is 0.242 e. The summed E-state index contributed by atoms with van der Waals surface area (Å²) in [7, 11) is -3.71. The lowest BCUT2D eigenvalue weighted by molar-refractivity contribution is 0.315. The average Bonchev–Trinajstić information content (AvgIpc) is 3.06. The van der Waals surface area contributed by atoms with Crippen molar-refractivity contribution in [1.82, 2.24) is 24.8 Å². The van der Waals surface area contributed by atoms with E-state index in [9.17, 15) is 8.42 Å². The highest BCUT2D eigenvalue weighted by molar-refractivity contribution is 7.89. The Morgan fingerprint density at radius 2 is 2.19 bits per heavy atom. The topological polar surface area (TPSA) is 103 Å². The normalized spacial score (nSPS) is 12.0. The third-order valence-electron chi connectivity index (χ3n) is 2.77. The molecule has 1 N–H and O–H groups in total. The molecular weight excluding hydrogens is 318 g/mol. The van der Waals surface area contributed by atoms with E-state index in [1.165, 1.54) is 12.3 Å². The van der Waals surface area contributed by atoms with Crippen LogP contribution in [0.15, 0.2) is 40.1 Å². The second-order valence-electron chi connectivity index (χ2n) is 4.21. The highest BCUT2D eigenvalue weighted by Crippen LogP contribution is 2.19. The Morgan fingerprint density at radius 1 is 1.33 bits per heavy atom. The zero-order valence-electron chi connectivity index (χ0n) is 10.6. The minimum absolute atomic E-state index is 0.0275. The van der Waals surface area contributed by atoms with E-state index in [1.54, 1.807) is 23.0 Å². The molecule has 0 saturated carbocycles. The van der Waals surface area contributed by atoms with Gasteiger partial charge in [-0.15, -0.1) is 0 Å². The average molecular weight is 328 g/mol. The first-order valence-electron chi connectivity index (χ1n) is 5.95. The van der Waals surface area contributed by atoms with E-state index in [2.05, 4.69) is 24.8 Å². The van der Waals surface area contributed by atoms with Crippen molar-refractivity contribution in [1.29, 1.82) is 0 Å². The Balaban J connectivity index is 1.76. The van der Waals surface area contributed by atoms with E-state index in [1.807, 2.05) is 0 Å². The molecule has 0 bridgehead atoms. The van der Waals surface area contributed by atoms with Gasteiger partial charge in [-0.3, -0.25) is 4.68 Å². The fourth-order valence-corrected chi connectivity index (χ4v) is 3.16. The maximum atomic E-state index is 12.3. The number of aromatic nitrogens is 4. The molecule has 110 valence electrons. The van der Waals surface area contributed by atoms with Crippen LogP contribution in [0.4, 0.5) is 0 Å². The number of fused-ring (bicyclic) bond motifs is 1. The standard InChI is InChI=1S/C11H10ClN5O3S/c12-8-6-13-17(7-8)5-4-14-21(18,19)10-3-1-2-9-11(10)16-20-15-9/h1-3,6-7,14H,4-5H2. The van der Waals surface area contributed by atoms with E-state index in [-0.39, 0.29) is 17.0 Å². The molecule has 0 unspecified atom stereocenters. The van der Waals surface area contributed by atoms with Gasteiger partial charge in [-0.2, -0.15) is 5.10 Å². The summed E-state index contributed by atoms with van der Waals surface area (Å²) < 4.78 is 33.1. The molecule has 1 aromatic carbocycles. The van der Waals surface area contributed by atoms with Crippen molar-refractivity contribution in [3.63, 3.8) is 0 Å². The van der Waals surface area contributed by atoms with Crippen LogP contribution >= 0.6 is 11.6 Å². The molecule has 3 aromatic rings.